The van der Waals surface area contributed by atoms with Crippen LogP contribution in [-0.4, -0.2) is 65.5 Å². The highest BCUT2D eigenvalue weighted by molar-refractivity contribution is 5.83. The van der Waals surface area contributed by atoms with Crippen LogP contribution in [-0.2, 0) is 9.47 Å². The van der Waals surface area contributed by atoms with Crippen molar-refractivity contribution in [3.63, 3.8) is 0 Å². The van der Waals surface area contributed by atoms with Gasteiger partial charge in [0.05, 0.1) is 24.5 Å². The van der Waals surface area contributed by atoms with Crippen molar-refractivity contribution in [1.82, 2.24) is 4.90 Å². The number of nitriles is 1. The van der Waals surface area contributed by atoms with Crippen molar-refractivity contribution in [3.8, 4) is 17.6 Å². The van der Waals surface area contributed by atoms with Gasteiger partial charge in [-0.2, -0.15) is 5.26 Å². The molecule has 0 unspecified atom stereocenters. The summed E-state index contributed by atoms with van der Waals surface area (Å²) in [4.78, 5) is 6.36. The van der Waals surface area contributed by atoms with Crippen LogP contribution in [0.1, 0.15) is 12.5 Å². The smallest absolute Gasteiger partial charge is 0.163 e. The lowest BCUT2D eigenvalue weighted by Gasteiger charge is -2.15. The molecule has 0 heterocycles. The zero-order valence-corrected chi connectivity index (χ0v) is 15.0. The summed E-state index contributed by atoms with van der Waals surface area (Å²) < 4.78 is 21.3. The molecule has 0 N–H and O–H groups in total. The lowest BCUT2D eigenvalue weighted by Crippen LogP contribution is -2.17. The lowest BCUT2D eigenvalue weighted by molar-refractivity contribution is 0.132. The van der Waals surface area contributed by atoms with E-state index in [0.717, 1.165) is 5.84 Å². The van der Waals surface area contributed by atoms with Crippen LogP contribution in [0.25, 0.3) is 0 Å². The van der Waals surface area contributed by atoms with E-state index in [4.69, 9.17) is 18.9 Å². The average Bonchev–Trinajstić information content (AvgIpc) is 2.56. The van der Waals surface area contributed by atoms with Crippen LogP contribution in [0.2, 0.25) is 0 Å². The Morgan fingerprint density at radius 3 is 2.04 bits per heavy atom. The number of rotatable bonds is 9. The molecule has 7 heteroatoms. The number of aliphatic imine (C=N–C) groups is 1. The molecule has 132 valence electrons. The van der Waals surface area contributed by atoms with Gasteiger partial charge in [-0.25, -0.2) is 4.99 Å². The first kappa shape index (κ1) is 19.7. The molecule has 0 aliphatic heterocycles. The molecule has 0 atom stereocenters. The summed E-state index contributed by atoms with van der Waals surface area (Å²) in [5, 5.41) is 9.40. The second kappa shape index (κ2) is 10.5. The monoisotopic (exact) mass is 335 g/mol. The lowest BCUT2D eigenvalue weighted by atomic mass is 10.1. The van der Waals surface area contributed by atoms with E-state index in [0.29, 0.717) is 49.2 Å². The molecule has 0 saturated heterocycles. The number of methoxy groups -OCH3 is 2. The molecule has 0 fully saturated rings. The zero-order valence-electron chi connectivity index (χ0n) is 15.0. The Morgan fingerprint density at radius 1 is 1.04 bits per heavy atom. The molecule has 0 saturated carbocycles. The van der Waals surface area contributed by atoms with Crippen LogP contribution in [0.3, 0.4) is 0 Å². The molecular weight excluding hydrogens is 310 g/mol. The van der Waals surface area contributed by atoms with E-state index in [2.05, 4.69) is 11.1 Å². The van der Waals surface area contributed by atoms with E-state index in [-0.39, 0.29) is 0 Å². The van der Waals surface area contributed by atoms with Crippen molar-refractivity contribution in [3.05, 3.63) is 17.7 Å². The number of hydrogen-bond acceptors (Lipinski definition) is 6. The number of ether oxygens (including phenoxy) is 4. The molecule has 1 rings (SSSR count). The Hall–Kier alpha value is -2.30. The molecule has 0 amide bonds. The Labute approximate surface area is 143 Å². The molecule has 0 radical (unpaired) electrons. The molecule has 0 aliphatic rings. The van der Waals surface area contributed by atoms with E-state index < -0.39 is 0 Å². The first-order valence-corrected chi connectivity index (χ1v) is 7.57. The van der Waals surface area contributed by atoms with Crippen molar-refractivity contribution in [2.45, 2.75) is 6.92 Å². The molecule has 1 aromatic rings. The van der Waals surface area contributed by atoms with Gasteiger partial charge in [0.1, 0.15) is 25.1 Å². The molecule has 0 spiro atoms. The largest absolute Gasteiger partial charge is 0.487 e. The normalized spacial score (nSPS) is 11.1. The Balaban J connectivity index is 3.18. The molecule has 24 heavy (non-hydrogen) atoms. The SMILES string of the molecule is COCCOc1cc(C#N)c(N=C(C)N(C)C)cc1OCCOC. The first-order chi connectivity index (χ1) is 11.5. The second-order valence-corrected chi connectivity index (χ2v) is 5.16. The summed E-state index contributed by atoms with van der Waals surface area (Å²) in [6.07, 6.45) is 0. The van der Waals surface area contributed by atoms with Gasteiger partial charge in [0, 0.05) is 40.4 Å². The summed E-state index contributed by atoms with van der Waals surface area (Å²) in [6, 6.07) is 5.50. The van der Waals surface area contributed by atoms with Crippen molar-refractivity contribution in [2.75, 3.05) is 54.7 Å². The number of hydrogen-bond donors (Lipinski definition) is 0. The van der Waals surface area contributed by atoms with Crippen LogP contribution < -0.4 is 9.47 Å². The highest BCUT2D eigenvalue weighted by atomic mass is 16.5. The maximum atomic E-state index is 9.40. The molecule has 0 aliphatic carbocycles. The minimum Gasteiger partial charge on any atom is -0.487 e. The minimum absolute atomic E-state index is 0.362. The predicted molar refractivity (Wildman–Crippen MR) is 92.4 cm³/mol. The van der Waals surface area contributed by atoms with Gasteiger partial charge in [0.25, 0.3) is 0 Å². The van der Waals surface area contributed by atoms with Crippen LogP contribution in [0.4, 0.5) is 5.69 Å². The Kier molecular flexibility index (Phi) is 8.61. The Morgan fingerprint density at radius 2 is 1.58 bits per heavy atom. The van der Waals surface area contributed by atoms with Gasteiger partial charge in [-0.15, -0.1) is 0 Å². The van der Waals surface area contributed by atoms with E-state index in [9.17, 15) is 5.26 Å². The summed E-state index contributed by atoms with van der Waals surface area (Å²) in [6.45, 7) is 3.50. The first-order valence-electron chi connectivity index (χ1n) is 7.57. The fourth-order valence-corrected chi connectivity index (χ4v) is 1.70. The standard InChI is InChI=1S/C17H25N3O4/c1-13(20(2)3)19-15-11-17(24-9-7-22-5)16(10-14(15)12-18)23-8-6-21-4/h10-11H,6-9H2,1-5H3. The van der Waals surface area contributed by atoms with Gasteiger partial charge in [0.15, 0.2) is 11.5 Å². The van der Waals surface area contributed by atoms with Crippen LogP contribution in [0.15, 0.2) is 17.1 Å². The van der Waals surface area contributed by atoms with Crippen molar-refractivity contribution in [1.29, 1.82) is 5.26 Å². The van der Waals surface area contributed by atoms with Crippen molar-refractivity contribution < 1.29 is 18.9 Å². The van der Waals surface area contributed by atoms with Crippen LogP contribution >= 0.6 is 0 Å². The molecule has 0 aromatic heterocycles. The Bertz CT molecular complexity index is 594. The molecule has 7 nitrogen and oxygen atoms in total. The molecular formula is C17H25N3O4. The van der Waals surface area contributed by atoms with E-state index >= 15 is 0 Å². The van der Waals surface area contributed by atoms with E-state index in [1.165, 1.54) is 0 Å². The summed E-state index contributed by atoms with van der Waals surface area (Å²) in [5.74, 6) is 1.79. The van der Waals surface area contributed by atoms with E-state index in [1.807, 2.05) is 25.9 Å². The zero-order chi connectivity index (χ0) is 17.9. The van der Waals surface area contributed by atoms with Gasteiger partial charge in [0.2, 0.25) is 0 Å². The van der Waals surface area contributed by atoms with Crippen LogP contribution in [0, 0.1) is 11.3 Å². The predicted octanol–water partition coefficient (Wildman–Crippen LogP) is 2.22. The number of nitrogens with zero attached hydrogens (tertiary/aromatic N) is 3. The fourth-order valence-electron chi connectivity index (χ4n) is 1.70. The topological polar surface area (TPSA) is 76.3 Å². The quantitative estimate of drug-likeness (QED) is 0.391. The fraction of sp³-hybridized carbons (Fsp3) is 0.529. The molecule has 0 bridgehead atoms. The maximum absolute atomic E-state index is 9.40. The van der Waals surface area contributed by atoms with Gasteiger partial charge < -0.3 is 23.8 Å². The van der Waals surface area contributed by atoms with Crippen molar-refractivity contribution in [2.24, 2.45) is 4.99 Å². The van der Waals surface area contributed by atoms with Crippen molar-refractivity contribution >= 4 is 11.5 Å². The van der Waals surface area contributed by atoms with Gasteiger partial charge in [-0.05, 0) is 6.92 Å². The second-order valence-electron chi connectivity index (χ2n) is 5.16. The third-order valence-electron chi connectivity index (χ3n) is 3.20. The molecule has 1 aromatic carbocycles. The average molecular weight is 335 g/mol. The number of benzene rings is 1. The number of amidine groups is 1. The highest BCUT2D eigenvalue weighted by Gasteiger charge is 2.13. The third kappa shape index (κ3) is 6.07. The van der Waals surface area contributed by atoms with Gasteiger partial charge in [-0.3, -0.25) is 0 Å². The van der Waals surface area contributed by atoms with Gasteiger partial charge >= 0.3 is 0 Å². The summed E-state index contributed by atoms with van der Waals surface area (Å²) in [5.41, 5.74) is 0.956. The van der Waals surface area contributed by atoms with E-state index in [1.54, 1.807) is 26.4 Å². The van der Waals surface area contributed by atoms with Gasteiger partial charge in [-0.1, -0.05) is 0 Å². The highest BCUT2D eigenvalue weighted by Crippen LogP contribution is 2.35. The van der Waals surface area contributed by atoms with Crippen LogP contribution in [0.5, 0.6) is 11.5 Å². The summed E-state index contributed by atoms with van der Waals surface area (Å²) in [7, 11) is 6.99. The minimum atomic E-state index is 0.362. The third-order valence-corrected chi connectivity index (χ3v) is 3.20. The maximum Gasteiger partial charge on any atom is 0.163 e. The summed E-state index contributed by atoms with van der Waals surface area (Å²) >= 11 is 0.